The lowest BCUT2D eigenvalue weighted by Gasteiger charge is -2.24. The fourth-order valence-electron chi connectivity index (χ4n) is 2.05. The minimum atomic E-state index is -0.695. The molecule has 0 fully saturated rings. The first kappa shape index (κ1) is 8.35. The lowest BCUT2D eigenvalue weighted by atomic mass is 9.79. The Morgan fingerprint density at radius 3 is 3.15 bits per heavy atom. The summed E-state index contributed by atoms with van der Waals surface area (Å²) in [6, 6.07) is 1.88. The van der Waals surface area contributed by atoms with Gasteiger partial charge in [-0.05, 0) is 24.0 Å². The Balaban J connectivity index is 2.32. The van der Waals surface area contributed by atoms with Crippen LogP contribution in [0.2, 0.25) is 0 Å². The fourth-order valence-corrected chi connectivity index (χ4v) is 2.05. The van der Waals surface area contributed by atoms with Gasteiger partial charge >= 0.3 is 5.97 Å². The third kappa shape index (κ3) is 1.24. The van der Waals surface area contributed by atoms with Crippen LogP contribution >= 0.6 is 0 Å². The zero-order valence-corrected chi connectivity index (χ0v) is 7.49. The molecule has 0 saturated carbocycles. The highest BCUT2D eigenvalue weighted by atomic mass is 16.4. The first-order valence-electron chi connectivity index (χ1n) is 4.49. The predicted octanol–water partition coefficient (Wildman–Crippen LogP) is 2.03. The minimum Gasteiger partial charge on any atom is -0.481 e. The molecule has 1 aromatic rings. The molecular weight excluding hydrogens is 168 g/mol. The van der Waals surface area contributed by atoms with Gasteiger partial charge in [0.05, 0.1) is 12.2 Å². The first-order chi connectivity index (χ1) is 6.20. The highest BCUT2D eigenvalue weighted by molar-refractivity contribution is 5.71. The van der Waals surface area contributed by atoms with E-state index in [9.17, 15) is 4.79 Å². The molecule has 0 spiro atoms. The Morgan fingerprint density at radius 2 is 2.46 bits per heavy atom. The Morgan fingerprint density at radius 1 is 1.69 bits per heavy atom. The van der Waals surface area contributed by atoms with Crippen molar-refractivity contribution in [3.63, 3.8) is 0 Å². The van der Waals surface area contributed by atoms with Gasteiger partial charge in [-0.15, -0.1) is 0 Å². The summed E-state index contributed by atoms with van der Waals surface area (Å²) in [5.74, 6) is 0.106. The number of carboxylic acids is 1. The van der Waals surface area contributed by atoms with Gasteiger partial charge in [0.1, 0.15) is 5.76 Å². The quantitative estimate of drug-likeness (QED) is 0.719. The van der Waals surface area contributed by atoms with Crippen LogP contribution in [0.3, 0.4) is 0 Å². The fraction of sp³-hybridized carbons (Fsp3) is 0.500. The third-order valence-corrected chi connectivity index (χ3v) is 2.87. The maximum Gasteiger partial charge on any atom is 0.307 e. The van der Waals surface area contributed by atoms with Crippen LogP contribution in [0.25, 0.3) is 0 Å². The molecule has 1 aliphatic rings. The number of furan rings is 1. The summed E-state index contributed by atoms with van der Waals surface area (Å²) in [4.78, 5) is 10.9. The molecule has 1 heterocycles. The summed E-state index contributed by atoms with van der Waals surface area (Å²) in [5, 5.41) is 8.94. The van der Waals surface area contributed by atoms with E-state index in [0.29, 0.717) is 6.42 Å². The average Bonchev–Trinajstić information content (AvgIpc) is 2.52. The van der Waals surface area contributed by atoms with Crippen molar-refractivity contribution in [3.05, 3.63) is 23.7 Å². The van der Waals surface area contributed by atoms with Crippen LogP contribution in [-0.2, 0) is 11.2 Å². The molecule has 2 atom stereocenters. The van der Waals surface area contributed by atoms with Gasteiger partial charge in [-0.1, -0.05) is 6.92 Å². The molecule has 2 rings (SSSR count). The van der Waals surface area contributed by atoms with Gasteiger partial charge < -0.3 is 9.52 Å². The lowest BCUT2D eigenvalue weighted by molar-refractivity contribution is -0.142. The van der Waals surface area contributed by atoms with Crippen LogP contribution in [0.1, 0.15) is 30.6 Å². The largest absolute Gasteiger partial charge is 0.481 e. The minimum absolute atomic E-state index is 0.0833. The van der Waals surface area contributed by atoms with Crippen molar-refractivity contribution in [1.29, 1.82) is 0 Å². The molecule has 2 unspecified atom stereocenters. The third-order valence-electron chi connectivity index (χ3n) is 2.87. The second kappa shape index (κ2) is 2.91. The van der Waals surface area contributed by atoms with Crippen molar-refractivity contribution in [1.82, 2.24) is 0 Å². The van der Waals surface area contributed by atoms with Crippen LogP contribution in [-0.4, -0.2) is 11.1 Å². The molecule has 0 amide bonds. The molecule has 1 aliphatic carbocycles. The molecule has 0 aliphatic heterocycles. The molecule has 1 aromatic heterocycles. The second-order valence-corrected chi connectivity index (χ2v) is 3.57. The topological polar surface area (TPSA) is 50.4 Å². The molecule has 0 bridgehead atoms. The molecule has 3 nitrogen and oxygen atoms in total. The monoisotopic (exact) mass is 180 g/mol. The van der Waals surface area contributed by atoms with E-state index in [0.717, 1.165) is 17.7 Å². The summed E-state index contributed by atoms with van der Waals surface area (Å²) < 4.78 is 5.26. The normalized spacial score (nSPS) is 26.8. The predicted molar refractivity (Wildman–Crippen MR) is 46.6 cm³/mol. The highest BCUT2D eigenvalue weighted by Gasteiger charge is 2.32. The Bertz CT molecular complexity index is 327. The number of fused-ring (bicyclic) bond motifs is 1. The number of carbonyl (C=O) groups is 1. The first-order valence-corrected chi connectivity index (χ1v) is 4.49. The highest BCUT2D eigenvalue weighted by Crippen LogP contribution is 2.36. The summed E-state index contributed by atoms with van der Waals surface area (Å²) in [6.07, 6.45) is 3.09. The number of hydrogen-bond acceptors (Lipinski definition) is 2. The van der Waals surface area contributed by atoms with E-state index in [-0.39, 0.29) is 11.8 Å². The smallest absolute Gasteiger partial charge is 0.307 e. The maximum absolute atomic E-state index is 10.9. The molecule has 3 heteroatoms. The van der Waals surface area contributed by atoms with Gasteiger partial charge in [0.25, 0.3) is 0 Å². The van der Waals surface area contributed by atoms with Crippen molar-refractivity contribution >= 4 is 5.97 Å². The zero-order chi connectivity index (χ0) is 9.42. The molecule has 13 heavy (non-hydrogen) atoms. The molecule has 0 aromatic carbocycles. The molecule has 0 saturated heterocycles. The zero-order valence-electron chi connectivity index (χ0n) is 7.49. The molecule has 1 N–H and O–H groups in total. The van der Waals surface area contributed by atoms with Gasteiger partial charge in [-0.25, -0.2) is 0 Å². The summed E-state index contributed by atoms with van der Waals surface area (Å²) in [6.45, 7) is 1.95. The van der Waals surface area contributed by atoms with E-state index in [4.69, 9.17) is 9.52 Å². The average molecular weight is 180 g/mol. The van der Waals surface area contributed by atoms with E-state index in [2.05, 4.69) is 0 Å². The van der Waals surface area contributed by atoms with E-state index in [1.807, 2.05) is 13.0 Å². The van der Waals surface area contributed by atoms with Gasteiger partial charge in [0.2, 0.25) is 0 Å². The molecule has 70 valence electrons. The number of aryl methyl sites for hydroxylation is 1. The summed E-state index contributed by atoms with van der Waals surface area (Å²) >= 11 is 0. The van der Waals surface area contributed by atoms with Crippen LogP contribution in [0, 0.1) is 5.92 Å². The van der Waals surface area contributed by atoms with Gasteiger partial charge in [0.15, 0.2) is 0 Å². The van der Waals surface area contributed by atoms with Crippen LogP contribution in [0.4, 0.5) is 0 Å². The standard InChI is InChI=1S/C10H12O3/c1-6-7-4-5-13-9(7)3-2-8(6)10(11)12/h4-6,8H,2-3H2,1H3,(H,11,12). The Kier molecular flexibility index (Phi) is 1.87. The van der Waals surface area contributed by atoms with Crippen molar-refractivity contribution in [2.24, 2.45) is 5.92 Å². The van der Waals surface area contributed by atoms with Gasteiger partial charge in [-0.3, -0.25) is 4.79 Å². The number of hydrogen-bond donors (Lipinski definition) is 1. The van der Waals surface area contributed by atoms with Crippen LogP contribution in [0.15, 0.2) is 16.7 Å². The summed E-state index contributed by atoms with van der Waals surface area (Å²) in [7, 11) is 0. The van der Waals surface area contributed by atoms with E-state index in [1.165, 1.54) is 0 Å². The van der Waals surface area contributed by atoms with Gasteiger partial charge in [0, 0.05) is 6.42 Å². The Labute approximate surface area is 76.4 Å². The number of carboxylic acid groups (broad SMARTS) is 1. The maximum atomic E-state index is 10.9. The number of aliphatic carboxylic acids is 1. The van der Waals surface area contributed by atoms with Crippen molar-refractivity contribution in [3.8, 4) is 0 Å². The SMILES string of the molecule is CC1c2ccoc2CCC1C(=O)O. The molecular formula is C10H12O3. The van der Waals surface area contributed by atoms with Crippen molar-refractivity contribution in [2.75, 3.05) is 0 Å². The second-order valence-electron chi connectivity index (χ2n) is 3.57. The molecule has 0 radical (unpaired) electrons. The van der Waals surface area contributed by atoms with E-state index in [1.54, 1.807) is 6.26 Å². The number of rotatable bonds is 1. The van der Waals surface area contributed by atoms with E-state index < -0.39 is 5.97 Å². The van der Waals surface area contributed by atoms with Gasteiger partial charge in [-0.2, -0.15) is 0 Å². The van der Waals surface area contributed by atoms with E-state index >= 15 is 0 Å². The van der Waals surface area contributed by atoms with Crippen molar-refractivity contribution < 1.29 is 14.3 Å². The van der Waals surface area contributed by atoms with Crippen LogP contribution < -0.4 is 0 Å². The Hall–Kier alpha value is -1.25. The lowest BCUT2D eigenvalue weighted by Crippen LogP contribution is -2.24. The van der Waals surface area contributed by atoms with Crippen LogP contribution in [0.5, 0.6) is 0 Å². The summed E-state index contributed by atoms with van der Waals surface area (Å²) in [5.41, 5.74) is 1.07. The van der Waals surface area contributed by atoms with Crippen molar-refractivity contribution in [2.45, 2.75) is 25.7 Å².